The average molecular weight is 240 g/mol. The van der Waals surface area contributed by atoms with Crippen molar-refractivity contribution in [2.24, 2.45) is 0 Å². The van der Waals surface area contributed by atoms with E-state index in [0.29, 0.717) is 5.01 Å². The molecule has 58 valence electrons. The van der Waals surface area contributed by atoms with Gasteiger partial charge in [0, 0.05) is 10.7 Å². The standard InChI is InChI=1S/C7H2BrN3S/c8-4-1-5-7(10-3-4)12-6(2-9)11-5/h1,3H. The van der Waals surface area contributed by atoms with Crippen LogP contribution in [0.4, 0.5) is 0 Å². The highest BCUT2D eigenvalue weighted by molar-refractivity contribution is 9.10. The molecule has 3 nitrogen and oxygen atoms in total. The van der Waals surface area contributed by atoms with Crippen molar-refractivity contribution in [3.63, 3.8) is 0 Å². The summed E-state index contributed by atoms with van der Waals surface area (Å²) < 4.78 is 0.879. The summed E-state index contributed by atoms with van der Waals surface area (Å²) in [5, 5.41) is 9.02. The monoisotopic (exact) mass is 239 g/mol. The van der Waals surface area contributed by atoms with Gasteiger partial charge >= 0.3 is 0 Å². The maximum atomic E-state index is 8.57. The average Bonchev–Trinajstić information content (AvgIpc) is 2.46. The Morgan fingerprint density at radius 2 is 2.42 bits per heavy atom. The lowest BCUT2D eigenvalue weighted by Gasteiger charge is -1.86. The van der Waals surface area contributed by atoms with Gasteiger partial charge in [0.1, 0.15) is 16.4 Å². The molecule has 0 radical (unpaired) electrons. The molecule has 0 aromatic carbocycles. The van der Waals surface area contributed by atoms with Crippen LogP contribution in [0.1, 0.15) is 5.01 Å². The van der Waals surface area contributed by atoms with Crippen LogP contribution in [0.3, 0.4) is 0 Å². The highest BCUT2D eigenvalue weighted by Crippen LogP contribution is 2.21. The fourth-order valence-corrected chi connectivity index (χ4v) is 1.85. The second kappa shape index (κ2) is 2.81. The fraction of sp³-hybridized carbons (Fsp3) is 0. The lowest BCUT2D eigenvalue weighted by molar-refractivity contribution is 1.36. The van der Waals surface area contributed by atoms with Crippen LogP contribution >= 0.6 is 27.3 Å². The number of fused-ring (bicyclic) bond motifs is 1. The van der Waals surface area contributed by atoms with Crippen LogP contribution < -0.4 is 0 Å². The van der Waals surface area contributed by atoms with E-state index in [1.807, 2.05) is 12.1 Å². The Kier molecular flexibility index (Phi) is 1.79. The molecule has 0 bridgehead atoms. The van der Waals surface area contributed by atoms with Gasteiger partial charge in [0.2, 0.25) is 0 Å². The minimum atomic E-state index is 0.454. The zero-order chi connectivity index (χ0) is 8.55. The van der Waals surface area contributed by atoms with Gasteiger partial charge in [-0.15, -0.1) is 0 Å². The number of nitriles is 1. The van der Waals surface area contributed by atoms with E-state index < -0.39 is 0 Å². The van der Waals surface area contributed by atoms with Crippen molar-refractivity contribution < 1.29 is 0 Å². The molecular weight excluding hydrogens is 238 g/mol. The first-order chi connectivity index (χ1) is 5.79. The molecule has 2 aromatic rings. The third-order valence-electron chi connectivity index (χ3n) is 1.31. The van der Waals surface area contributed by atoms with E-state index in [4.69, 9.17) is 5.26 Å². The van der Waals surface area contributed by atoms with Crippen LogP contribution in [-0.2, 0) is 0 Å². The summed E-state index contributed by atoms with van der Waals surface area (Å²) in [5.74, 6) is 0. The van der Waals surface area contributed by atoms with Gasteiger partial charge in [-0.1, -0.05) is 11.3 Å². The molecule has 0 unspecified atom stereocenters. The number of rotatable bonds is 0. The Morgan fingerprint density at radius 1 is 1.58 bits per heavy atom. The van der Waals surface area contributed by atoms with Crippen LogP contribution in [0.25, 0.3) is 10.3 Å². The van der Waals surface area contributed by atoms with E-state index >= 15 is 0 Å². The predicted molar refractivity (Wildman–Crippen MR) is 49.8 cm³/mol. The minimum absolute atomic E-state index is 0.454. The topological polar surface area (TPSA) is 49.6 Å². The Morgan fingerprint density at radius 3 is 3.17 bits per heavy atom. The Bertz CT molecular complexity index is 471. The van der Waals surface area contributed by atoms with Gasteiger partial charge in [0.05, 0.1) is 0 Å². The summed E-state index contributed by atoms with van der Waals surface area (Å²) in [6, 6.07) is 3.83. The Balaban J connectivity index is 2.77. The van der Waals surface area contributed by atoms with Crippen molar-refractivity contribution in [3.05, 3.63) is 21.7 Å². The molecule has 0 N–H and O–H groups in total. The molecule has 0 aliphatic heterocycles. The SMILES string of the molecule is N#Cc1nc2cc(Br)cnc2s1. The molecule has 2 rings (SSSR count). The fourth-order valence-electron chi connectivity index (χ4n) is 0.846. The Hall–Kier alpha value is -0.990. The van der Waals surface area contributed by atoms with E-state index in [2.05, 4.69) is 25.9 Å². The number of aromatic nitrogens is 2. The number of nitrogens with zero attached hydrogens (tertiary/aromatic N) is 3. The molecule has 0 fully saturated rings. The summed E-state index contributed by atoms with van der Waals surface area (Å²) >= 11 is 4.58. The molecule has 0 amide bonds. The summed E-state index contributed by atoms with van der Waals surface area (Å²) in [4.78, 5) is 8.97. The zero-order valence-electron chi connectivity index (χ0n) is 5.78. The summed E-state index contributed by atoms with van der Waals surface area (Å²) in [6.45, 7) is 0. The summed E-state index contributed by atoms with van der Waals surface area (Å²) in [6.07, 6.45) is 1.70. The smallest absolute Gasteiger partial charge is 0.196 e. The minimum Gasteiger partial charge on any atom is -0.242 e. The van der Waals surface area contributed by atoms with E-state index in [-0.39, 0.29) is 0 Å². The van der Waals surface area contributed by atoms with Gasteiger partial charge < -0.3 is 0 Å². The van der Waals surface area contributed by atoms with Crippen molar-refractivity contribution in [2.45, 2.75) is 0 Å². The van der Waals surface area contributed by atoms with Gasteiger partial charge in [0.25, 0.3) is 0 Å². The number of pyridine rings is 1. The van der Waals surface area contributed by atoms with Crippen LogP contribution in [0.15, 0.2) is 16.7 Å². The number of halogens is 1. The predicted octanol–water partition coefficient (Wildman–Crippen LogP) is 2.33. The zero-order valence-corrected chi connectivity index (χ0v) is 8.19. The maximum absolute atomic E-state index is 8.57. The van der Waals surface area contributed by atoms with E-state index in [0.717, 1.165) is 14.8 Å². The molecule has 12 heavy (non-hydrogen) atoms. The maximum Gasteiger partial charge on any atom is 0.196 e. The van der Waals surface area contributed by atoms with Gasteiger partial charge in [-0.2, -0.15) is 5.26 Å². The van der Waals surface area contributed by atoms with Crippen LogP contribution in [0, 0.1) is 11.3 Å². The molecule has 0 aliphatic carbocycles. The van der Waals surface area contributed by atoms with Crippen molar-refractivity contribution in [3.8, 4) is 6.07 Å². The summed E-state index contributed by atoms with van der Waals surface area (Å²) in [5.41, 5.74) is 0.769. The third-order valence-corrected chi connectivity index (χ3v) is 2.63. The molecule has 0 aliphatic rings. The van der Waals surface area contributed by atoms with Crippen molar-refractivity contribution in [2.75, 3.05) is 0 Å². The van der Waals surface area contributed by atoms with E-state index in [1.54, 1.807) is 6.20 Å². The van der Waals surface area contributed by atoms with Gasteiger partial charge in [-0.3, -0.25) is 0 Å². The molecule has 0 saturated heterocycles. The lowest BCUT2D eigenvalue weighted by atomic mass is 10.5. The van der Waals surface area contributed by atoms with Gasteiger partial charge in [-0.25, -0.2) is 9.97 Å². The van der Waals surface area contributed by atoms with E-state index in [1.165, 1.54) is 11.3 Å². The van der Waals surface area contributed by atoms with Gasteiger partial charge in [-0.05, 0) is 22.0 Å². The molecule has 0 atom stereocenters. The van der Waals surface area contributed by atoms with Crippen LogP contribution in [0.2, 0.25) is 0 Å². The molecular formula is C7H2BrN3S. The lowest BCUT2D eigenvalue weighted by Crippen LogP contribution is -1.73. The largest absolute Gasteiger partial charge is 0.242 e. The third kappa shape index (κ3) is 1.19. The highest BCUT2D eigenvalue weighted by atomic mass is 79.9. The normalized spacial score (nSPS) is 10.0. The first kappa shape index (κ1) is 7.65. The van der Waals surface area contributed by atoms with Gasteiger partial charge in [0.15, 0.2) is 5.01 Å². The quantitative estimate of drug-likeness (QED) is 0.709. The first-order valence-corrected chi connectivity index (χ1v) is 4.73. The second-order valence-electron chi connectivity index (χ2n) is 2.11. The van der Waals surface area contributed by atoms with Crippen molar-refractivity contribution in [1.82, 2.24) is 9.97 Å². The van der Waals surface area contributed by atoms with E-state index in [9.17, 15) is 0 Å². The first-order valence-electron chi connectivity index (χ1n) is 3.12. The second-order valence-corrected chi connectivity index (χ2v) is 4.00. The molecule has 2 heterocycles. The molecule has 2 aromatic heterocycles. The molecule has 0 spiro atoms. The Labute approximate surface area is 80.8 Å². The summed E-state index contributed by atoms with van der Waals surface area (Å²) in [7, 11) is 0. The van der Waals surface area contributed by atoms with Crippen molar-refractivity contribution >= 4 is 37.6 Å². The van der Waals surface area contributed by atoms with Crippen molar-refractivity contribution in [1.29, 1.82) is 5.26 Å². The molecule has 0 saturated carbocycles. The number of thiazole rings is 1. The van der Waals surface area contributed by atoms with Crippen LogP contribution in [-0.4, -0.2) is 9.97 Å². The highest BCUT2D eigenvalue weighted by Gasteiger charge is 2.03. The van der Waals surface area contributed by atoms with Crippen LogP contribution in [0.5, 0.6) is 0 Å². The molecule has 5 heteroatoms. The number of hydrogen-bond acceptors (Lipinski definition) is 4. The number of hydrogen-bond donors (Lipinski definition) is 0.